The fourth-order valence-electron chi connectivity index (χ4n) is 3.89. The van der Waals surface area contributed by atoms with Gasteiger partial charge in [-0.1, -0.05) is 19.8 Å². The van der Waals surface area contributed by atoms with Gasteiger partial charge in [0.1, 0.15) is 18.0 Å². The molecule has 4 nitrogen and oxygen atoms in total. The van der Waals surface area contributed by atoms with Gasteiger partial charge in [0.15, 0.2) is 0 Å². The third-order valence-corrected chi connectivity index (χ3v) is 4.82. The van der Waals surface area contributed by atoms with Gasteiger partial charge in [-0.3, -0.25) is 0 Å². The minimum absolute atomic E-state index is 0.657. The molecule has 1 aliphatic heterocycles. The molecule has 2 fully saturated rings. The molecule has 3 rings (SSSR count). The van der Waals surface area contributed by atoms with Gasteiger partial charge in [0.05, 0.1) is 0 Å². The highest BCUT2D eigenvalue weighted by atomic mass is 15.2. The lowest BCUT2D eigenvalue weighted by molar-refractivity contribution is 0.428. The van der Waals surface area contributed by atoms with E-state index in [0.29, 0.717) is 11.9 Å². The van der Waals surface area contributed by atoms with Crippen LogP contribution in [0.5, 0.6) is 0 Å². The van der Waals surface area contributed by atoms with Gasteiger partial charge in [-0.15, -0.1) is 0 Å². The third-order valence-electron chi connectivity index (χ3n) is 4.82. The Labute approximate surface area is 115 Å². The first-order valence-electron chi connectivity index (χ1n) is 7.67. The summed E-state index contributed by atoms with van der Waals surface area (Å²) in [6.07, 6.45) is 10.7. The van der Waals surface area contributed by atoms with Gasteiger partial charge in [-0.25, -0.2) is 9.97 Å². The fourth-order valence-corrected chi connectivity index (χ4v) is 3.89. The molecule has 104 valence electrons. The molecule has 0 bridgehead atoms. The molecule has 1 unspecified atom stereocenters. The maximum absolute atomic E-state index is 6.02. The first-order chi connectivity index (χ1) is 9.31. The summed E-state index contributed by atoms with van der Waals surface area (Å²) in [5.41, 5.74) is 7.15. The normalized spacial score (nSPS) is 24.3. The first-order valence-corrected chi connectivity index (χ1v) is 7.67. The SMILES string of the molecule is CCc1c(N)ncnc1N1CCCC1C1CCCC1. The second-order valence-corrected chi connectivity index (χ2v) is 5.86. The van der Waals surface area contributed by atoms with Crippen LogP contribution in [0.4, 0.5) is 11.6 Å². The van der Waals surface area contributed by atoms with Crippen molar-refractivity contribution in [2.45, 2.75) is 57.9 Å². The van der Waals surface area contributed by atoms with Crippen molar-refractivity contribution in [3.05, 3.63) is 11.9 Å². The Kier molecular flexibility index (Phi) is 3.58. The topological polar surface area (TPSA) is 55.0 Å². The van der Waals surface area contributed by atoms with Gasteiger partial charge >= 0.3 is 0 Å². The van der Waals surface area contributed by atoms with Gasteiger partial charge in [0, 0.05) is 18.2 Å². The van der Waals surface area contributed by atoms with Crippen LogP contribution in [0.1, 0.15) is 51.0 Å². The van der Waals surface area contributed by atoms with Crippen molar-refractivity contribution in [1.82, 2.24) is 9.97 Å². The molecule has 0 amide bonds. The molecule has 2 N–H and O–H groups in total. The van der Waals surface area contributed by atoms with E-state index in [0.717, 1.165) is 30.3 Å². The van der Waals surface area contributed by atoms with Crippen LogP contribution >= 0.6 is 0 Å². The molecule has 19 heavy (non-hydrogen) atoms. The summed E-state index contributed by atoms with van der Waals surface area (Å²) < 4.78 is 0. The fraction of sp³-hybridized carbons (Fsp3) is 0.733. The van der Waals surface area contributed by atoms with E-state index in [1.165, 1.54) is 38.5 Å². The number of aromatic nitrogens is 2. The summed E-state index contributed by atoms with van der Waals surface area (Å²) in [4.78, 5) is 11.2. The van der Waals surface area contributed by atoms with Crippen LogP contribution in [0, 0.1) is 5.92 Å². The second kappa shape index (κ2) is 5.35. The monoisotopic (exact) mass is 260 g/mol. The van der Waals surface area contributed by atoms with Gasteiger partial charge in [-0.05, 0) is 38.0 Å². The van der Waals surface area contributed by atoms with Crippen LogP contribution in [0.25, 0.3) is 0 Å². The zero-order valence-corrected chi connectivity index (χ0v) is 11.8. The van der Waals surface area contributed by atoms with Crippen LogP contribution in [-0.2, 0) is 6.42 Å². The van der Waals surface area contributed by atoms with Crippen molar-refractivity contribution in [3.63, 3.8) is 0 Å². The molecular weight excluding hydrogens is 236 g/mol. The Balaban J connectivity index is 1.89. The second-order valence-electron chi connectivity index (χ2n) is 5.86. The van der Waals surface area contributed by atoms with E-state index in [4.69, 9.17) is 5.73 Å². The van der Waals surface area contributed by atoms with Crippen LogP contribution in [0.2, 0.25) is 0 Å². The third kappa shape index (κ3) is 2.28. The Morgan fingerprint density at radius 2 is 2.00 bits per heavy atom. The predicted molar refractivity (Wildman–Crippen MR) is 78.1 cm³/mol. The number of nitrogens with zero attached hydrogens (tertiary/aromatic N) is 3. The van der Waals surface area contributed by atoms with E-state index in [-0.39, 0.29) is 0 Å². The van der Waals surface area contributed by atoms with E-state index >= 15 is 0 Å². The van der Waals surface area contributed by atoms with Crippen LogP contribution < -0.4 is 10.6 Å². The molecule has 1 aromatic rings. The van der Waals surface area contributed by atoms with E-state index in [2.05, 4.69) is 21.8 Å². The molecule has 1 atom stereocenters. The molecule has 2 aliphatic rings. The summed E-state index contributed by atoms with van der Waals surface area (Å²) in [7, 11) is 0. The molecule has 2 heterocycles. The molecule has 0 aromatic carbocycles. The van der Waals surface area contributed by atoms with Crippen molar-refractivity contribution in [3.8, 4) is 0 Å². The van der Waals surface area contributed by atoms with Crippen molar-refractivity contribution >= 4 is 11.6 Å². The first kappa shape index (κ1) is 12.7. The average molecular weight is 260 g/mol. The molecule has 1 aliphatic carbocycles. The molecule has 0 spiro atoms. The number of hydrogen-bond donors (Lipinski definition) is 1. The Morgan fingerprint density at radius 1 is 1.21 bits per heavy atom. The number of anilines is 2. The molecule has 0 radical (unpaired) electrons. The minimum Gasteiger partial charge on any atom is -0.383 e. The van der Waals surface area contributed by atoms with Crippen molar-refractivity contribution in [1.29, 1.82) is 0 Å². The summed E-state index contributed by atoms with van der Waals surface area (Å²) in [5.74, 6) is 2.62. The Morgan fingerprint density at radius 3 is 2.74 bits per heavy atom. The largest absolute Gasteiger partial charge is 0.383 e. The van der Waals surface area contributed by atoms with E-state index < -0.39 is 0 Å². The highest BCUT2D eigenvalue weighted by molar-refractivity contribution is 5.57. The molecular formula is C15H24N4. The zero-order valence-electron chi connectivity index (χ0n) is 11.8. The average Bonchev–Trinajstić information content (AvgIpc) is 3.09. The summed E-state index contributed by atoms with van der Waals surface area (Å²) in [5, 5.41) is 0. The summed E-state index contributed by atoms with van der Waals surface area (Å²) >= 11 is 0. The standard InChI is InChI=1S/C15H24N4/c1-2-12-14(16)17-10-18-15(12)19-9-5-8-13(19)11-6-3-4-7-11/h10-11,13H,2-9H2,1H3,(H2,16,17,18). The molecule has 1 saturated heterocycles. The summed E-state index contributed by atoms with van der Waals surface area (Å²) in [6, 6.07) is 0.683. The highest BCUT2D eigenvalue weighted by Crippen LogP contribution is 2.38. The molecule has 1 saturated carbocycles. The van der Waals surface area contributed by atoms with Crippen LogP contribution in [-0.4, -0.2) is 22.6 Å². The Bertz CT molecular complexity index is 440. The lowest BCUT2D eigenvalue weighted by Crippen LogP contribution is -2.36. The number of hydrogen-bond acceptors (Lipinski definition) is 4. The summed E-state index contributed by atoms with van der Waals surface area (Å²) in [6.45, 7) is 3.27. The van der Waals surface area contributed by atoms with E-state index in [1.54, 1.807) is 6.33 Å². The number of nitrogens with two attached hydrogens (primary N) is 1. The smallest absolute Gasteiger partial charge is 0.137 e. The lowest BCUT2D eigenvalue weighted by atomic mass is 9.96. The van der Waals surface area contributed by atoms with Gasteiger partial charge in [0.25, 0.3) is 0 Å². The highest BCUT2D eigenvalue weighted by Gasteiger charge is 2.35. The number of nitrogen functional groups attached to an aromatic ring is 1. The Hall–Kier alpha value is -1.32. The molecule has 4 heteroatoms. The van der Waals surface area contributed by atoms with E-state index in [1.807, 2.05) is 0 Å². The van der Waals surface area contributed by atoms with Gasteiger partial charge in [0.2, 0.25) is 0 Å². The van der Waals surface area contributed by atoms with Gasteiger partial charge < -0.3 is 10.6 Å². The number of rotatable bonds is 3. The van der Waals surface area contributed by atoms with Crippen molar-refractivity contribution in [2.24, 2.45) is 5.92 Å². The minimum atomic E-state index is 0.657. The molecule has 1 aromatic heterocycles. The predicted octanol–water partition coefficient (Wildman–Crippen LogP) is 2.78. The van der Waals surface area contributed by atoms with Crippen molar-refractivity contribution < 1.29 is 0 Å². The maximum atomic E-state index is 6.02. The quantitative estimate of drug-likeness (QED) is 0.908. The van der Waals surface area contributed by atoms with E-state index in [9.17, 15) is 0 Å². The lowest BCUT2D eigenvalue weighted by Gasteiger charge is -2.31. The maximum Gasteiger partial charge on any atom is 0.137 e. The zero-order chi connectivity index (χ0) is 13.2. The van der Waals surface area contributed by atoms with Crippen LogP contribution in [0.3, 0.4) is 0 Å². The van der Waals surface area contributed by atoms with Gasteiger partial charge in [-0.2, -0.15) is 0 Å². The van der Waals surface area contributed by atoms with Crippen molar-refractivity contribution in [2.75, 3.05) is 17.2 Å². The van der Waals surface area contributed by atoms with Crippen LogP contribution in [0.15, 0.2) is 6.33 Å².